The number of nitrogens with two attached hydrogens (primary N) is 1. The van der Waals surface area contributed by atoms with Crippen LogP contribution in [0.4, 0.5) is 0 Å². The topological polar surface area (TPSA) is 239 Å². The first-order valence-electron chi connectivity index (χ1n) is 14.8. The quantitative estimate of drug-likeness (QED) is 0.0740. The number of carbonyl (C=O) groups is 2. The number of aliphatic hydroxyl groups excluding tert-OH is 4. The molecule has 0 aliphatic heterocycles. The van der Waals surface area contributed by atoms with Gasteiger partial charge in [-0.3, -0.25) is 9.59 Å². The monoisotopic (exact) mass is 675 g/mol. The minimum Gasteiger partial charge on any atom is -0.480 e. The lowest BCUT2D eigenvalue weighted by atomic mass is 10.0. The number of carboxylic acids is 1. The molecule has 0 unspecified atom stereocenters. The predicted octanol–water partition coefficient (Wildman–Crippen LogP) is 0.0458. The maximum absolute atomic E-state index is 13.2. The Balaban J connectivity index is 0.000000745. The van der Waals surface area contributed by atoms with Crippen LogP contribution in [0.15, 0.2) is 71.8 Å². The van der Waals surface area contributed by atoms with E-state index in [-0.39, 0.29) is 11.4 Å². The molecule has 0 amide bonds. The number of hydrogen-bond acceptors (Lipinski definition) is 12. The van der Waals surface area contributed by atoms with Gasteiger partial charge in [-0.05, 0) is 48.9 Å². The lowest BCUT2D eigenvalue weighted by molar-refractivity contribution is -0.155. The molecule has 0 fully saturated rings. The molecule has 2 aromatic carbocycles. The molecule has 14 nitrogen and oxygen atoms in total. The number of hydrogen-bond donors (Lipinski definition) is 7. The Bertz CT molecular complexity index is 1510. The summed E-state index contributed by atoms with van der Waals surface area (Å²) in [6, 6.07) is 16.9. The summed E-state index contributed by atoms with van der Waals surface area (Å²) in [6.07, 6.45) is -5.94. The van der Waals surface area contributed by atoms with Gasteiger partial charge in [-0.2, -0.15) is 4.72 Å². The molecule has 0 bridgehead atoms. The summed E-state index contributed by atoms with van der Waals surface area (Å²) in [7, 11) is 0.890. The maximum atomic E-state index is 13.2. The summed E-state index contributed by atoms with van der Waals surface area (Å²) in [4.78, 5) is 27.3. The molecule has 3 aromatic rings. The Labute approximate surface area is 275 Å². The van der Waals surface area contributed by atoms with Crippen LogP contribution < -0.4 is 10.5 Å². The standard InChI is InChI=1S/C25H29BN2O9S.C6H13NO2/c26-37-21(24(32)23(31)20(30)14-29)15-36-25(33)19(12-10-16-6-2-1-3-7-16)28-38(34,35)22-13-11-17-8-4-5-9-18(17)27-22;1-4(2)3-5(7)6(8)9/h1-9,11,13,19-21,23-24,28-32H,10,12,14-15H2;4-5H,3,7H2,1-2H3,(H,8,9)/t19-,20+,21+,23+,24+;5-/m00/s1. The molecular weight excluding hydrogens is 633 g/mol. The van der Waals surface area contributed by atoms with Crippen LogP contribution >= 0.6 is 0 Å². The minimum atomic E-state index is -4.26. The highest BCUT2D eigenvalue weighted by atomic mass is 32.2. The number of ether oxygens (including phenoxy) is 1. The van der Waals surface area contributed by atoms with Gasteiger partial charge in [0.25, 0.3) is 18.1 Å². The number of aliphatic hydroxyl groups is 4. The second-order valence-corrected chi connectivity index (χ2v) is 12.8. The summed E-state index contributed by atoms with van der Waals surface area (Å²) in [5.74, 6) is -1.54. The highest BCUT2D eigenvalue weighted by molar-refractivity contribution is 7.89. The van der Waals surface area contributed by atoms with Gasteiger partial charge >= 0.3 is 11.9 Å². The van der Waals surface area contributed by atoms with E-state index >= 15 is 0 Å². The molecule has 0 aliphatic rings. The van der Waals surface area contributed by atoms with Crippen molar-refractivity contribution in [1.29, 1.82) is 0 Å². The highest BCUT2D eigenvalue weighted by Crippen LogP contribution is 2.17. The van der Waals surface area contributed by atoms with Gasteiger partial charge in [0.05, 0.1) is 12.1 Å². The van der Waals surface area contributed by atoms with Crippen LogP contribution in [0.5, 0.6) is 0 Å². The molecule has 3 rings (SSSR count). The fourth-order valence-corrected chi connectivity index (χ4v) is 5.45. The molecule has 1 heterocycles. The van der Waals surface area contributed by atoms with Crippen molar-refractivity contribution in [3.05, 3.63) is 72.3 Å². The first-order valence-corrected chi connectivity index (χ1v) is 16.3. The van der Waals surface area contributed by atoms with Crippen molar-refractivity contribution in [1.82, 2.24) is 9.71 Å². The zero-order valence-corrected chi connectivity index (χ0v) is 26.9. The predicted molar refractivity (Wildman–Crippen MR) is 172 cm³/mol. The van der Waals surface area contributed by atoms with E-state index in [2.05, 4.69) is 14.4 Å². The molecule has 6 atom stereocenters. The van der Waals surface area contributed by atoms with Crippen molar-refractivity contribution >= 4 is 40.9 Å². The van der Waals surface area contributed by atoms with Crippen molar-refractivity contribution in [3.8, 4) is 0 Å². The van der Waals surface area contributed by atoms with Gasteiger partial charge in [0, 0.05) is 5.39 Å². The molecule has 2 radical (unpaired) electrons. The number of sulfonamides is 1. The summed E-state index contributed by atoms with van der Waals surface area (Å²) >= 11 is 0. The van der Waals surface area contributed by atoms with E-state index in [1.165, 1.54) is 6.07 Å². The van der Waals surface area contributed by atoms with Crippen molar-refractivity contribution in [3.63, 3.8) is 0 Å². The Morgan fingerprint density at radius 1 is 0.979 bits per heavy atom. The summed E-state index contributed by atoms with van der Waals surface area (Å²) < 4.78 is 38.4. The number of nitrogens with one attached hydrogen (secondary N) is 1. The number of carbonyl (C=O) groups excluding carboxylic acids is 1. The van der Waals surface area contributed by atoms with E-state index in [9.17, 15) is 33.3 Å². The van der Waals surface area contributed by atoms with Crippen LogP contribution in [0.2, 0.25) is 0 Å². The molecule has 256 valence electrons. The van der Waals surface area contributed by atoms with E-state index in [0.717, 1.165) is 10.9 Å². The second-order valence-electron chi connectivity index (χ2n) is 11.2. The Morgan fingerprint density at radius 2 is 1.62 bits per heavy atom. The lowest BCUT2D eigenvalue weighted by Gasteiger charge is -2.28. The number of aromatic nitrogens is 1. The minimum absolute atomic E-state index is 0.0260. The van der Waals surface area contributed by atoms with Crippen molar-refractivity contribution in [2.45, 2.75) is 74.6 Å². The van der Waals surface area contributed by atoms with Crippen molar-refractivity contribution < 1.29 is 52.9 Å². The molecule has 8 N–H and O–H groups in total. The summed E-state index contributed by atoms with van der Waals surface area (Å²) in [5.41, 5.74) is 6.53. The number of esters is 1. The normalized spacial score (nSPS) is 15.5. The molecule has 16 heteroatoms. The van der Waals surface area contributed by atoms with Crippen molar-refractivity contribution in [2.75, 3.05) is 13.2 Å². The zero-order chi connectivity index (χ0) is 35.1. The Kier molecular flexibility index (Phi) is 16.4. The van der Waals surface area contributed by atoms with Gasteiger partial charge in [-0.1, -0.05) is 62.4 Å². The van der Waals surface area contributed by atoms with E-state index in [4.69, 9.17) is 28.7 Å². The first kappa shape index (κ1) is 39.7. The van der Waals surface area contributed by atoms with E-state index in [1.54, 1.807) is 30.3 Å². The Morgan fingerprint density at radius 3 is 2.19 bits per heavy atom. The maximum Gasteiger partial charge on any atom is 0.324 e. The molecular formula is C31H42BN3O11S. The molecule has 47 heavy (non-hydrogen) atoms. The molecule has 1 aromatic heterocycles. The van der Waals surface area contributed by atoms with E-state index < -0.39 is 71.7 Å². The van der Waals surface area contributed by atoms with Gasteiger partial charge in [0.1, 0.15) is 43.1 Å². The fourth-order valence-electron chi connectivity index (χ4n) is 4.27. The van der Waals surface area contributed by atoms with Gasteiger partial charge in [-0.15, -0.1) is 0 Å². The van der Waals surface area contributed by atoms with Crippen LogP contribution in [0.1, 0.15) is 32.3 Å². The number of pyridine rings is 1. The van der Waals surface area contributed by atoms with Crippen molar-refractivity contribution in [2.24, 2.45) is 11.7 Å². The van der Waals surface area contributed by atoms with Crippen LogP contribution in [0, 0.1) is 5.92 Å². The molecule has 0 spiro atoms. The van der Waals surface area contributed by atoms with Gasteiger partial charge in [-0.25, -0.2) is 13.4 Å². The number of fused-ring (bicyclic) bond motifs is 1. The van der Waals surface area contributed by atoms with Gasteiger partial charge < -0.3 is 40.7 Å². The first-order chi connectivity index (χ1) is 22.2. The molecule has 0 saturated carbocycles. The third kappa shape index (κ3) is 12.9. The number of nitrogens with zero attached hydrogens (tertiary/aromatic N) is 1. The smallest absolute Gasteiger partial charge is 0.324 e. The van der Waals surface area contributed by atoms with Crippen LogP contribution in [0.3, 0.4) is 0 Å². The largest absolute Gasteiger partial charge is 0.480 e. The summed E-state index contributed by atoms with van der Waals surface area (Å²) in [6.45, 7) is 2.37. The number of para-hydroxylation sites is 1. The van der Waals surface area contributed by atoms with E-state index in [1.807, 2.05) is 44.2 Å². The highest BCUT2D eigenvalue weighted by Gasteiger charge is 2.33. The molecule has 0 saturated heterocycles. The third-order valence-corrected chi connectivity index (χ3v) is 8.29. The average molecular weight is 676 g/mol. The number of aryl methyl sites for hydroxylation is 1. The van der Waals surface area contributed by atoms with E-state index in [0.29, 0.717) is 24.3 Å². The number of carboxylic acid groups (broad SMARTS) is 1. The Hall–Kier alpha value is -3.48. The van der Waals surface area contributed by atoms with Crippen LogP contribution in [-0.4, -0.2) is 109 Å². The SMILES string of the molecule is CC(C)C[C@H](N)C(=O)O.[B]O[C@H](COC(=O)[C@H](CCc1ccccc1)NS(=O)(=O)c1ccc2ccccc2n1)[C@@H](O)[C@H](O)[C@H](O)CO. The summed E-state index contributed by atoms with van der Waals surface area (Å²) in [5, 5.41) is 47.3. The number of rotatable bonds is 17. The average Bonchev–Trinajstić information content (AvgIpc) is 3.06. The number of aliphatic carboxylic acids is 1. The van der Waals surface area contributed by atoms with Crippen LogP contribution in [0.25, 0.3) is 10.9 Å². The third-order valence-electron chi connectivity index (χ3n) is 6.91. The van der Waals surface area contributed by atoms with Crippen LogP contribution in [-0.2, 0) is 35.4 Å². The number of benzene rings is 2. The zero-order valence-electron chi connectivity index (χ0n) is 26.1. The van der Waals surface area contributed by atoms with Gasteiger partial charge in [0.15, 0.2) is 5.03 Å². The van der Waals surface area contributed by atoms with Gasteiger partial charge in [0.2, 0.25) is 0 Å². The molecule has 0 aliphatic carbocycles. The fraction of sp³-hybridized carbons (Fsp3) is 0.452. The second kappa shape index (κ2) is 19.4. The lowest BCUT2D eigenvalue weighted by Crippen LogP contribution is -2.49.